The maximum Gasteiger partial charge on any atom is 0.494 e. The molecule has 2 saturated heterocycles. The summed E-state index contributed by atoms with van der Waals surface area (Å²) in [5.74, 6) is 0.912. The zero-order valence-corrected chi connectivity index (χ0v) is 15.3. The zero-order valence-electron chi connectivity index (χ0n) is 15.3. The number of anilines is 1. The molecule has 1 aromatic rings. The van der Waals surface area contributed by atoms with Crippen molar-refractivity contribution < 1.29 is 9.31 Å². The monoisotopic (exact) mass is 315 g/mol. The molecule has 2 aliphatic rings. The molecule has 0 aliphatic carbocycles. The Morgan fingerprint density at radius 1 is 1.00 bits per heavy atom. The van der Waals surface area contributed by atoms with Crippen LogP contribution in [0.15, 0.2) is 24.3 Å². The number of hydrogen-bond acceptors (Lipinski definition) is 3. The molecule has 0 N–H and O–H groups in total. The molecule has 0 radical (unpaired) electrons. The molecule has 3 rings (SSSR count). The van der Waals surface area contributed by atoms with Crippen LogP contribution >= 0.6 is 0 Å². The van der Waals surface area contributed by atoms with E-state index in [1.54, 1.807) is 0 Å². The van der Waals surface area contributed by atoms with Gasteiger partial charge in [0.2, 0.25) is 0 Å². The highest BCUT2D eigenvalue weighted by atomic mass is 16.7. The molecular weight excluding hydrogens is 285 g/mol. The Bertz CT molecular complexity index is 517. The average molecular weight is 315 g/mol. The van der Waals surface area contributed by atoms with Gasteiger partial charge in [-0.05, 0) is 64.1 Å². The molecule has 0 unspecified atom stereocenters. The van der Waals surface area contributed by atoms with E-state index in [-0.39, 0.29) is 18.3 Å². The Labute approximate surface area is 141 Å². The first-order valence-electron chi connectivity index (χ1n) is 9.03. The minimum Gasteiger partial charge on any atom is -0.399 e. The number of rotatable bonds is 3. The highest BCUT2D eigenvalue weighted by molar-refractivity contribution is 6.62. The van der Waals surface area contributed by atoms with E-state index in [0.717, 1.165) is 11.4 Å². The van der Waals surface area contributed by atoms with Crippen molar-refractivity contribution in [2.24, 2.45) is 5.92 Å². The topological polar surface area (TPSA) is 21.7 Å². The van der Waals surface area contributed by atoms with Crippen molar-refractivity contribution in [1.82, 2.24) is 0 Å². The smallest absolute Gasteiger partial charge is 0.399 e. The maximum absolute atomic E-state index is 6.13. The highest BCUT2D eigenvalue weighted by Gasteiger charge is 2.51. The van der Waals surface area contributed by atoms with E-state index < -0.39 is 0 Å². The number of hydrogen-bond donors (Lipinski definition) is 0. The van der Waals surface area contributed by atoms with Gasteiger partial charge < -0.3 is 14.2 Å². The van der Waals surface area contributed by atoms with E-state index in [2.05, 4.69) is 63.8 Å². The van der Waals surface area contributed by atoms with Crippen LogP contribution in [0.1, 0.15) is 53.9 Å². The van der Waals surface area contributed by atoms with Crippen LogP contribution in [0.25, 0.3) is 0 Å². The Kier molecular flexibility index (Phi) is 4.50. The second-order valence-corrected chi connectivity index (χ2v) is 8.02. The summed E-state index contributed by atoms with van der Waals surface area (Å²) in [4.78, 5) is 2.50. The third kappa shape index (κ3) is 3.29. The van der Waals surface area contributed by atoms with Crippen LogP contribution in [0.4, 0.5) is 5.69 Å². The molecular formula is C19H30BNO2. The summed E-state index contributed by atoms with van der Waals surface area (Å²) in [6.07, 6.45) is 3.94. The quantitative estimate of drug-likeness (QED) is 0.795. The Balaban J connectivity index is 1.67. The van der Waals surface area contributed by atoms with E-state index >= 15 is 0 Å². The van der Waals surface area contributed by atoms with E-state index in [9.17, 15) is 0 Å². The molecule has 0 bridgehead atoms. The molecule has 126 valence electrons. The van der Waals surface area contributed by atoms with Gasteiger partial charge in [-0.25, -0.2) is 0 Å². The van der Waals surface area contributed by atoms with Gasteiger partial charge in [-0.3, -0.25) is 0 Å². The minimum atomic E-state index is -0.279. The van der Waals surface area contributed by atoms with Crippen molar-refractivity contribution in [3.8, 4) is 0 Å². The first kappa shape index (κ1) is 16.8. The number of benzene rings is 1. The standard InChI is InChI=1S/C19H30BNO2/c1-6-15-11-13-21(14-12-15)17-9-7-16(8-10-17)20-22-18(2,3)19(4,5)23-20/h7-10,15H,6,11-14H2,1-5H3. The molecule has 0 atom stereocenters. The van der Waals surface area contributed by atoms with Crippen molar-refractivity contribution in [3.05, 3.63) is 24.3 Å². The van der Waals surface area contributed by atoms with Gasteiger partial charge in [0.05, 0.1) is 11.2 Å². The van der Waals surface area contributed by atoms with Gasteiger partial charge in [0, 0.05) is 18.8 Å². The molecule has 1 aromatic carbocycles. The predicted octanol–water partition coefficient (Wildman–Crippen LogP) is 3.61. The van der Waals surface area contributed by atoms with Gasteiger partial charge in [-0.1, -0.05) is 25.5 Å². The fraction of sp³-hybridized carbons (Fsp3) is 0.684. The lowest BCUT2D eigenvalue weighted by Gasteiger charge is -2.33. The SMILES string of the molecule is CCC1CCN(c2ccc(B3OC(C)(C)C(C)(C)O3)cc2)CC1. The summed E-state index contributed by atoms with van der Waals surface area (Å²) < 4.78 is 12.3. The Morgan fingerprint density at radius 2 is 1.52 bits per heavy atom. The molecule has 23 heavy (non-hydrogen) atoms. The van der Waals surface area contributed by atoms with E-state index in [0.29, 0.717) is 0 Å². The molecule has 0 amide bonds. The lowest BCUT2D eigenvalue weighted by atomic mass is 9.79. The van der Waals surface area contributed by atoms with Gasteiger partial charge in [0.1, 0.15) is 0 Å². The lowest BCUT2D eigenvalue weighted by Crippen LogP contribution is -2.41. The second-order valence-electron chi connectivity index (χ2n) is 8.02. The zero-order chi connectivity index (χ0) is 16.7. The first-order chi connectivity index (χ1) is 10.8. The Hall–Kier alpha value is -0.995. The van der Waals surface area contributed by atoms with Crippen LogP contribution < -0.4 is 10.4 Å². The van der Waals surface area contributed by atoms with E-state index in [4.69, 9.17) is 9.31 Å². The molecule has 0 aromatic heterocycles. The van der Waals surface area contributed by atoms with Crippen LogP contribution in [0.3, 0.4) is 0 Å². The molecule has 2 aliphatic heterocycles. The summed E-state index contributed by atoms with van der Waals surface area (Å²) in [7, 11) is -0.264. The average Bonchev–Trinajstić information content (AvgIpc) is 2.76. The predicted molar refractivity (Wildman–Crippen MR) is 97.4 cm³/mol. The van der Waals surface area contributed by atoms with Crippen LogP contribution in [0, 0.1) is 5.92 Å². The minimum absolute atomic E-state index is 0.264. The number of nitrogens with zero attached hydrogens (tertiary/aromatic N) is 1. The van der Waals surface area contributed by atoms with Crippen molar-refractivity contribution in [2.45, 2.75) is 65.1 Å². The summed E-state index contributed by atoms with van der Waals surface area (Å²) in [6, 6.07) is 8.74. The van der Waals surface area contributed by atoms with Crippen LogP contribution in [0.5, 0.6) is 0 Å². The highest BCUT2D eigenvalue weighted by Crippen LogP contribution is 2.36. The summed E-state index contributed by atoms with van der Waals surface area (Å²) in [6.45, 7) is 13.0. The van der Waals surface area contributed by atoms with Crippen LogP contribution in [-0.4, -0.2) is 31.4 Å². The van der Waals surface area contributed by atoms with Crippen LogP contribution in [-0.2, 0) is 9.31 Å². The largest absolute Gasteiger partial charge is 0.494 e. The molecule has 4 heteroatoms. The van der Waals surface area contributed by atoms with Crippen molar-refractivity contribution >= 4 is 18.3 Å². The Morgan fingerprint density at radius 3 is 2.00 bits per heavy atom. The molecule has 2 fully saturated rings. The third-order valence-corrected chi connectivity index (χ3v) is 5.98. The first-order valence-corrected chi connectivity index (χ1v) is 9.03. The normalized spacial score (nSPS) is 24.2. The summed E-state index contributed by atoms with van der Waals surface area (Å²) >= 11 is 0. The third-order valence-electron chi connectivity index (χ3n) is 5.98. The van der Waals surface area contributed by atoms with Gasteiger partial charge in [0.25, 0.3) is 0 Å². The summed E-state index contributed by atoms with van der Waals surface area (Å²) in [5, 5.41) is 0. The molecule has 0 spiro atoms. The van der Waals surface area contributed by atoms with Gasteiger partial charge in [0.15, 0.2) is 0 Å². The molecule has 0 saturated carbocycles. The number of piperidine rings is 1. The molecule has 3 nitrogen and oxygen atoms in total. The van der Waals surface area contributed by atoms with Crippen molar-refractivity contribution in [3.63, 3.8) is 0 Å². The lowest BCUT2D eigenvalue weighted by molar-refractivity contribution is 0.00578. The van der Waals surface area contributed by atoms with Gasteiger partial charge >= 0.3 is 7.12 Å². The van der Waals surface area contributed by atoms with Gasteiger partial charge in [-0.15, -0.1) is 0 Å². The fourth-order valence-corrected chi connectivity index (χ4v) is 3.42. The summed E-state index contributed by atoms with van der Waals surface area (Å²) in [5.41, 5.74) is 1.87. The fourth-order valence-electron chi connectivity index (χ4n) is 3.42. The van der Waals surface area contributed by atoms with Crippen molar-refractivity contribution in [2.75, 3.05) is 18.0 Å². The van der Waals surface area contributed by atoms with E-state index in [1.165, 1.54) is 38.0 Å². The van der Waals surface area contributed by atoms with E-state index in [1.807, 2.05) is 0 Å². The van der Waals surface area contributed by atoms with Gasteiger partial charge in [-0.2, -0.15) is 0 Å². The molecule has 2 heterocycles. The van der Waals surface area contributed by atoms with Crippen molar-refractivity contribution in [1.29, 1.82) is 0 Å². The second kappa shape index (κ2) is 6.14. The maximum atomic E-state index is 6.13. The van der Waals surface area contributed by atoms with Crippen LogP contribution in [0.2, 0.25) is 0 Å².